The largest absolute Gasteiger partial charge is 0.0991 e. The van der Waals surface area contributed by atoms with E-state index in [-0.39, 0.29) is 0 Å². The van der Waals surface area contributed by atoms with E-state index >= 15 is 0 Å². The maximum atomic E-state index is 3.58. The third kappa shape index (κ3) is 7.22. The van der Waals surface area contributed by atoms with Crippen molar-refractivity contribution in [2.75, 3.05) is 0 Å². The second-order valence-corrected chi connectivity index (χ2v) is 2.16. The Morgan fingerprint density at radius 2 is 2.00 bits per heavy atom. The molecule has 0 saturated carbocycles. The molecule has 0 N–H and O–H groups in total. The molecule has 0 fully saturated rings. The van der Waals surface area contributed by atoms with Crippen molar-refractivity contribution >= 4 is 0 Å². The number of hydrogen-bond acceptors (Lipinski definition) is 0. The minimum absolute atomic E-state index is 1.03. The summed E-state index contributed by atoms with van der Waals surface area (Å²) in [6, 6.07) is 0. The van der Waals surface area contributed by atoms with Crippen molar-refractivity contribution in [3.63, 3.8) is 0 Å². The molecule has 0 aromatic rings. The van der Waals surface area contributed by atoms with Gasteiger partial charge in [-0.3, -0.25) is 0 Å². The van der Waals surface area contributed by atoms with Gasteiger partial charge in [-0.2, -0.15) is 0 Å². The summed E-state index contributed by atoms with van der Waals surface area (Å²) in [5.41, 5.74) is 0. The Bertz CT molecular complexity index is 118. The molecule has 0 unspecified atom stereocenters. The highest BCUT2D eigenvalue weighted by Gasteiger charge is 1.71. The molecule has 0 aromatic heterocycles. The normalized spacial score (nSPS) is 11.3. The van der Waals surface area contributed by atoms with Crippen molar-refractivity contribution in [3.05, 3.63) is 37.0 Å². The Labute approximate surface area is 64.0 Å². The molecule has 56 valence electrons. The van der Waals surface area contributed by atoms with Gasteiger partial charge in [0.05, 0.1) is 0 Å². The second-order valence-electron chi connectivity index (χ2n) is 2.16. The Morgan fingerprint density at radius 3 is 2.60 bits per heavy atom. The molecule has 0 heterocycles. The van der Waals surface area contributed by atoms with E-state index in [4.69, 9.17) is 0 Å². The predicted molar refractivity (Wildman–Crippen MR) is 48.0 cm³/mol. The zero-order chi connectivity index (χ0) is 7.66. The molecule has 0 aromatic carbocycles. The van der Waals surface area contributed by atoms with Crippen LogP contribution in [0.2, 0.25) is 0 Å². The van der Waals surface area contributed by atoms with Gasteiger partial charge < -0.3 is 0 Å². The van der Waals surface area contributed by atoms with Crippen LogP contribution in [0.3, 0.4) is 0 Å². The molecule has 0 rings (SSSR count). The van der Waals surface area contributed by atoms with E-state index in [1.54, 1.807) is 6.08 Å². The van der Waals surface area contributed by atoms with E-state index in [9.17, 15) is 0 Å². The van der Waals surface area contributed by atoms with Gasteiger partial charge in [-0.1, -0.05) is 50.3 Å². The number of allylic oxidation sites excluding steroid dienone is 5. The summed E-state index contributed by atoms with van der Waals surface area (Å²) in [6.07, 6.45) is 13.7. The molecular weight excluding hydrogens is 120 g/mol. The van der Waals surface area contributed by atoms with Gasteiger partial charge in [0.25, 0.3) is 0 Å². The van der Waals surface area contributed by atoms with E-state index in [2.05, 4.69) is 31.7 Å². The minimum Gasteiger partial charge on any atom is -0.0991 e. The van der Waals surface area contributed by atoms with Crippen molar-refractivity contribution in [2.45, 2.75) is 26.2 Å². The first-order valence-corrected chi connectivity index (χ1v) is 3.84. The lowest BCUT2D eigenvalue weighted by atomic mass is 10.3. The summed E-state index contributed by atoms with van der Waals surface area (Å²) < 4.78 is 0. The maximum Gasteiger partial charge on any atom is -0.0166 e. The molecule has 0 aliphatic rings. The first kappa shape index (κ1) is 9.22. The fraction of sp³-hybridized carbons (Fsp3) is 0.400. The lowest BCUT2D eigenvalue weighted by molar-refractivity contribution is 0.954. The summed E-state index contributed by atoms with van der Waals surface area (Å²) >= 11 is 0. The van der Waals surface area contributed by atoms with E-state index in [1.165, 1.54) is 12.8 Å². The van der Waals surface area contributed by atoms with E-state index in [0.29, 0.717) is 0 Å². The van der Waals surface area contributed by atoms with Gasteiger partial charge >= 0.3 is 0 Å². The van der Waals surface area contributed by atoms with Gasteiger partial charge in [-0.15, -0.1) is 0 Å². The molecule has 0 aliphatic heterocycles. The van der Waals surface area contributed by atoms with Crippen LogP contribution in [-0.4, -0.2) is 0 Å². The second kappa shape index (κ2) is 8.22. The molecular formula is C10H16. The third-order valence-electron chi connectivity index (χ3n) is 1.17. The number of unbranched alkanes of at least 4 members (excludes halogenated alkanes) is 1. The molecule has 0 nitrogen and oxygen atoms in total. The molecule has 0 saturated heterocycles. The van der Waals surface area contributed by atoms with Crippen LogP contribution in [-0.2, 0) is 0 Å². The molecule has 0 radical (unpaired) electrons. The zero-order valence-electron chi connectivity index (χ0n) is 6.72. The summed E-state index contributed by atoms with van der Waals surface area (Å²) in [4.78, 5) is 0. The van der Waals surface area contributed by atoms with E-state index in [1.807, 2.05) is 6.08 Å². The molecule has 0 atom stereocenters. The van der Waals surface area contributed by atoms with Crippen molar-refractivity contribution < 1.29 is 0 Å². The van der Waals surface area contributed by atoms with Crippen molar-refractivity contribution in [2.24, 2.45) is 0 Å². The monoisotopic (exact) mass is 136 g/mol. The molecule has 0 spiro atoms. The lowest BCUT2D eigenvalue weighted by Gasteiger charge is -1.82. The van der Waals surface area contributed by atoms with Crippen LogP contribution in [0.25, 0.3) is 0 Å². The van der Waals surface area contributed by atoms with Crippen LogP contribution in [0.15, 0.2) is 37.0 Å². The number of hydrogen-bond donors (Lipinski definition) is 0. The Balaban J connectivity index is 3.17. The number of rotatable bonds is 5. The average Bonchev–Trinajstić information content (AvgIpc) is 1.97. The summed E-state index contributed by atoms with van der Waals surface area (Å²) in [5.74, 6) is 0. The summed E-state index contributed by atoms with van der Waals surface area (Å²) in [7, 11) is 0. The Hall–Kier alpha value is -0.780. The first-order valence-electron chi connectivity index (χ1n) is 3.84. The van der Waals surface area contributed by atoms with Crippen LogP contribution in [0.5, 0.6) is 0 Å². The highest BCUT2D eigenvalue weighted by Crippen LogP contribution is 1.91. The average molecular weight is 136 g/mol. The van der Waals surface area contributed by atoms with Gasteiger partial charge in [-0.05, 0) is 12.8 Å². The van der Waals surface area contributed by atoms with Crippen LogP contribution < -0.4 is 0 Å². The van der Waals surface area contributed by atoms with Crippen molar-refractivity contribution in [1.82, 2.24) is 0 Å². The molecule has 0 heteroatoms. The zero-order valence-corrected chi connectivity index (χ0v) is 6.72. The minimum atomic E-state index is 1.03. The smallest absolute Gasteiger partial charge is 0.0166 e. The van der Waals surface area contributed by atoms with Crippen LogP contribution in [0, 0.1) is 0 Å². The van der Waals surface area contributed by atoms with Crippen molar-refractivity contribution in [1.29, 1.82) is 0 Å². The fourth-order valence-corrected chi connectivity index (χ4v) is 0.634. The van der Waals surface area contributed by atoms with Gasteiger partial charge in [0.2, 0.25) is 0 Å². The standard InChI is InChI=1S/C10H16/c1-3-5-7-9-10-8-6-4-2/h3,5,7-8,10H,1,4,6,9H2,2H3. The Morgan fingerprint density at radius 1 is 1.20 bits per heavy atom. The van der Waals surface area contributed by atoms with Crippen molar-refractivity contribution in [3.8, 4) is 0 Å². The van der Waals surface area contributed by atoms with Crippen LogP contribution in [0.4, 0.5) is 0 Å². The predicted octanol–water partition coefficient (Wildman–Crippen LogP) is 3.48. The third-order valence-corrected chi connectivity index (χ3v) is 1.17. The maximum absolute atomic E-state index is 3.58. The highest BCUT2D eigenvalue weighted by atomic mass is 13.8. The van der Waals surface area contributed by atoms with Gasteiger partial charge in [0.1, 0.15) is 0 Å². The lowest BCUT2D eigenvalue weighted by Crippen LogP contribution is -1.61. The van der Waals surface area contributed by atoms with E-state index in [0.717, 1.165) is 6.42 Å². The van der Waals surface area contributed by atoms with Gasteiger partial charge in [0.15, 0.2) is 0 Å². The summed E-state index contributed by atoms with van der Waals surface area (Å²) in [6.45, 7) is 5.77. The van der Waals surface area contributed by atoms with Crippen LogP contribution in [0.1, 0.15) is 26.2 Å². The summed E-state index contributed by atoms with van der Waals surface area (Å²) in [5, 5.41) is 0. The highest BCUT2D eigenvalue weighted by molar-refractivity contribution is 5.00. The van der Waals surface area contributed by atoms with Gasteiger partial charge in [-0.25, -0.2) is 0 Å². The Kier molecular flexibility index (Phi) is 7.58. The first-order chi connectivity index (χ1) is 4.91. The fourth-order valence-electron chi connectivity index (χ4n) is 0.634. The molecule has 0 bridgehead atoms. The topological polar surface area (TPSA) is 0 Å². The molecule has 0 aliphatic carbocycles. The molecule has 10 heavy (non-hydrogen) atoms. The van der Waals surface area contributed by atoms with Crippen LogP contribution >= 0.6 is 0 Å². The molecule has 0 amide bonds. The quantitative estimate of drug-likeness (QED) is 0.401. The van der Waals surface area contributed by atoms with E-state index < -0.39 is 0 Å². The SMILES string of the molecule is C=CC=CCC=CCCC. The van der Waals surface area contributed by atoms with Gasteiger partial charge in [0, 0.05) is 0 Å².